The van der Waals surface area contributed by atoms with Crippen molar-refractivity contribution in [2.24, 2.45) is 7.05 Å². The van der Waals surface area contributed by atoms with E-state index < -0.39 is 17.3 Å². The van der Waals surface area contributed by atoms with E-state index >= 15 is 0 Å². The van der Waals surface area contributed by atoms with Crippen molar-refractivity contribution in [1.82, 2.24) is 24.3 Å². The number of aromatic nitrogens is 5. The number of benzene rings is 2. The number of amides is 1. The summed E-state index contributed by atoms with van der Waals surface area (Å²) in [7, 11) is 1.83. The molecule has 3 aromatic heterocycles. The molecular formula is C25H18ClFN6O3. The van der Waals surface area contributed by atoms with Crippen LogP contribution in [0.15, 0.2) is 71.9 Å². The van der Waals surface area contributed by atoms with Crippen molar-refractivity contribution in [3.05, 3.63) is 99.6 Å². The molecule has 36 heavy (non-hydrogen) atoms. The maximum absolute atomic E-state index is 14.9. The Hall–Kier alpha value is -4.57. The fourth-order valence-electron chi connectivity index (χ4n) is 3.66. The van der Waals surface area contributed by atoms with Crippen molar-refractivity contribution in [3.63, 3.8) is 0 Å². The number of fused-ring (bicyclic) bond motifs is 1. The third-order valence-electron chi connectivity index (χ3n) is 5.44. The van der Waals surface area contributed by atoms with Crippen molar-refractivity contribution in [3.8, 4) is 17.3 Å². The molecule has 0 aliphatic heterocycles. The molecule has 0 aliphatic carbocycles. The van der Waals surface area contributed by atoms with Crippen LogP contribution in [0.3, 0.4) is 0 Å². The normalized spacial score (nSPS) is 11.0. The van der Waals surface area contributed by atoms with Crippen molar-refractivity contribution in [1.29, 1.82) is 0 Å². The van der Waals surface area contributed by atoms with Gasteiger partial charge in [0.05, 0.1) is 16.1 Å². The maximum atomic E-state index is 14.9. The minimum absolute atomic E-state index is 0.0114. The average molecular weight is 505 g/mol. The van der Waals surface area contributed by atoms with Crippen molar-refractivity contribution < 1.29 is 13.9 Å². The van der Waals surface area contributed by atoms with Gasteiger partial charge in [-0.05, 0) is 42.8 Å². The van der Waals surface area contributed by atoms with Gasteiger partial charge in [-0.15, -0.1) is 0 Å². The summed E-state index contributed by atoms with van der Waals surface area (Å²) in [6.45, 7) is 1.59. The van der Waals surface area contributed by atoms with Gasteiger partial charge in [-0.1, -0.05) is 23.7 Å². The number of hydrogen-bond donors (Lipinski definition) is 1. The van der Waals surface area contributed by atoms with Crippen molar-refractivity contribution in [2.45, 2.75) is 6.92 Å². The average Bonchev–Trinajstić information content (AvgIpc) is 3.23. The molecule has 0 atom stereocenters. The molecule has 3 heterocycles. The number of nitrogens with one attached hydrogen (secondary N) is 1. The molecule has 0 spiro atoms. The minimum Gasteiger partial charge on any atom is -0.435 e. The third kappa shape index (κ3) is 4.29. The van der Waals surface area contributed by atoms with Crippen LogP contribution in [0.5, 0.6) is 11.6 Å². The van der Waals surface area contributed by atoms with E-state index in [0.717, 1.165) is 10.7 Å². The molecule has 5 rings (SSSR count). The molecule has 0 unspecified atom stereocenters. The van der Waals surface area contributed by atoms with Crippen LogP contribution in [-0.2, 0) is 7.05 Å². The molecule has 5 aromatic rings. The number of rotatable bonds is 5. The second kappa shape index (κ2) is 9.23. The van der Waals surface area contributed by atoms with Crippen LogP contribution in [0, 0.1) is 12.7 Å². The van der Waals surface area contributed by atoms with Gasteiger partial charge in [0.25, 0.3) is 11.5 Å². The van der Waals surface area contributed by atoms with Gasteiger partial charge in [-0.2, -0.15) is 9.78 Å². The zero-order valence-corrected chi connectivity index (χ0v) is 19.8. The predicted molar refractivity (Wildman–Crippen MR) is 133 cm³/mol. The molecule has 0 fully saturated rings. The number of aryl methyl sites for hydroxylation is 2. The number of carbonyl (C=O) groups excluding carboxylic acids is 1. The van der Waals surface area contributed by atoms with Gasteiger partial charge < -0.3 is 14.6 Å². The Kier molecular flexibility index (Phi) is 5.95. The molecule has 0 radical (unpaired) electrons. The number of halogens is 2. The first-order valence-corrected chi connectivity index (χ1v) is 11.1. The summed E-state index contributed by atoms with van der Waals surface area (Å²) in [6.07, 6.45) is 3.13. The van der Waals surface area contributed by atoms with Crippen molar-refractivity contribution >= 4 is 34.2 Å². The van der Waals surface area contributed by atoms with Crippen LogP contribution in [0.4, 0.5) is 10.1 Å². The highest BCUT2D eigenvalue weighted by Crippen LogP contribution is 2.30. The van der Waals surface area contributed by atoms with E-state index in [-0.39, 0.29) is 23.0 Å². The van der Waals surface area contributed by atoms with Gasteiger partial charge in [0, 0.05) is 31.1 Å². The number of anilines is 1. The number of hydrogen-bond acceptors (Lipinski definition) is 6. The Morgan fingerprint density at radius 2 is 1.92 bits per heavy atom. The topological polar surface area (TPSA) is 104 Å². The Labute approximate surface area is 208 Å². The third-order valence-corrected chi connectivity index (χ3v) is 5.76. The summed E-state index contributed by atoms with van der Waals surface area (Å²) in [6, 6.07) is 13.7. The van der Waals surface area contributed by atoms with Crippen LogP contribution < -0.4 is 15.6 Å². The predicted octanol–water partition coefficient (Wildman–Crippen LogP) is 4.66. The first-order valence-electron chi connectivity index (χ1n) is 10.7. The van der Waals surface area contributed by atoms with Gasteiger partial charge in [0.15, 0.2) is 17.3 Å². The lowest BCUT2D eigenvalue weighted by Crippen LogP contribution is -2.26. The van der Waals surface area contributed by atoms with Gasteiger partial charge in [0.2, 0.25) is 5.88 Å². The molecule has 0 saturated heterocycles. The summed E-state index contributed by atoms with van der Waals surface area (Å²) in [5.74, 6) is -1.19. The monoisotopic (exact) mass is 504 g/mol. The zero-order valence-electron chi connectivity index (χ0n) is 19.1. The molecule has 2 aromatic carbocycles. The lowest BCUT2D eigenvalue weighted by Gasteiger charge is -2.12. The molecule has 1 N–H and O–H groups in total. The Morgan fingerprint density at radius 3 is 2.69 bits per heavy atom. The highest BCUT2D eigenvalue weighted by molar-refractivity contribution is 6.32. The van der Waals surface area contributed by atoms with Crippen LogP contribution in [0.2, 0.25) is 5.02 Å². The molecule has 0 aliphatic rings. The van der Waals surface area contributed by atoms with E-state index in [1.165, 1.54) is 24.5 Å². The van der Waals surface area contributed by atoms with E-state index in [1.807, 2.05) is 7.05 Å². The first kappa shape index (κ1) is 23.2. The molecule has 1 amide bonds. The molecular weight excluding hydrogens is 487 g/mol. The van der Waals surface area contributed by atoms with E-state index in [1.54, 1.807) is 48.0 Å². The smallest absolute Gasteiger partial charge is 0.276 e. The van der Waals surface area contributed by atoms with E-state index in [0.29, 0.717) is 27.3 Å². The number of carbonyl (C=O) groups is 1. The fraction of sp³-hybridized carbons (Fsp3) is 0.0800. The SMILES string of the molecule is Cc1cc(=O)n(-c2ccccc2Cl)nc1C(=O)Nc1ccc(Oc2ncnc3c2ccn3C)c(F)c1. The largest absolute Gasteiger partial charge is 0.435 e. The quantitative estimate of drug-likeness (QED) is 0.373. The lowest BCUT2D eigenvalue weighted by molar-refractivity contribution is 0.102. The molecule has 180 valence electrons. The Morgan fingerprint density at radius 1 is 1.11 bits per heavy atom. The molecule has 11 heteroatoms. The first-order chi connectivity index (χ1) is 17.3. The summed E-state index contributed by atoms with van der Waals surface area (Å²) in [5, 5.41) is 7.73. The van der Waals surface area contributed by atoms with Gasteiger partial charge >= 0.3 is 0 Å². The highest BCUT2D eigenvalue weighted by atomic mass is 35.5. The van der Waals surface area contributed by atoms with E-state index in [4.69, 9.17) is 16.3 Å². The fourth-order valence-corrected chi connectivity index (χ4v) is 3.87. The van der Waals surface area contributed by atoms with Crippen LogP contribution >= 0.6 is 11.6 Å². The van der Waals surface area contributed by atoms with Crippen molar-refractivity contribution in [2.75, 3.05) is 5.32 Å². The Balaban J connectivity index is 1.40. The van der Waals surface area contributed by atoms with Crippen LogP contribution in [0.1, 0.15) is 16.1 Å². The second-order valence-electron chi connectivity index (χ2n) is 7.92. The number of nitrogens with zero attached hydrogens (tertiary/aromatic N) is 5. The summed E-state index contributed by atoms with van der Waals surface area (Å²) >= 11 is 6.19. The number of para-hydroxylation sites is 1. The summed E-state index contributed by atoms with van der Waals surface area (Å²) in [4.78, 5) is 33.7. The summed E-state index contributed by atoms with van der Waals surface area (Å²) < 4.78 is 23.4. The zero-order chi connectivity index (χ0) is 25.4. The second-order valence-corrected chi connectivity index (χ2v) is 8.33. The van der Waals surface area contributed by atoms with Gasteiger partial charge in [0.1, 0.15) is 12.0 Å². The maximum Gasteiger partial charge on any atom is 0.276 e. The molecule has 0 saturated carbocycles. The minimum atomic E-state index is -0.707. The molecule has 0 bridgehead atoms. The summed E-state index contributed by atoms with van der Waals surface area (Å²) in [5.41, 5.74) is 1.06. The standard InChI is InChI=1S/C25H18ClFN6O3/c1-14-11-21(34)33(19-6-4-3-5-17(19)26)31-22(14)24(35)30-15-7-8-20(18(27)12-15)36-25-16-9-10-32(2)23(16)28-13-29-25/h3-13H,1-2H3,(H,30,35). The lowest BCUT2D eigenvalue weighted by atomic mass is 10.2. The van der Waals surface area contributed by atoms with E-state index in [2.05, 4.69) is 20.4 Å². The van der Waals surface area contributed by atoms with Gasteiger partial charge in [-0.3, -0.25) is 9.59 Å². The van der Waals surface area contributed by atoms with Crippen LogP contribution in [-0.4, -0.2) is 30.2 Å². The Bertz CT molecular complexity index is 1700. The highest BCUT2D eigenvalue weighted by Gasteiger charge is 2.18. The molecule has 9 nitrogen and oxygen atoms in total. The van der Waals surface area contributed by atoms with Gasteiger partial charge in [-0.25, -0.2) is 14.4 Å². The van der Waals surface area contributed by atoms with Crippen LogP contribution in [0.25, 0.3) is 16.7 Å². The number of ether oxygens (including phenoxy) is 1. The van der Waals surface area contributed by atoms with E-state index in [9.17, 15) is 14.0 Å².